The molecule has 1 aliphatic heterocycles. The molecule has 142 valence electrons. The van der Waals surface area contributed by atoms with E-state index >= 15 is 0 Å². The third kappa shape index (κ3) is 4.84. The Bertz CT molecular complexity index is 816. The van der Waals surface area contributed by atoms with Gasteiger partial charge in [-0.05, 0) is 55.7 Å². The molecule has 3 rings (SSSR count). The molecule has 0 saturated carbocycles. The molecule has 2 aromatic rings. The zero-order valence-electron chi connectivity index (χ0n) is 15.6. The number of hydrogen-bond acceptors (Lipinski definition) is 2. The summed E-state index contributed by atoms with van der Waals surface area (Å²) < 4.78 is 12.9. The number of nitrogens with zero attached hydrogens (tertiary/aromatic N) is 1. The first-order valence-corrected chi connectivity index (χ1v) is 9.02. The summed E-state index contributed by atoms with van der Waals surface area (Å²) in [5.74, 6) is -0.177. The molecule has 0 unspecified atom stereocenters. The lowest BCUT2D eigenvalue weighted by atomic mass is 9.88. The van der Waals surface area contributed by atoms with E-state index in [0.29, 0.717) is 18.7 Å². The first-order chi connectivity index (χ1) is 12.8. The number of amides is 3. The zero-order chi connectivity index (χ0) is 19.4. The van der Waals surface area contributed by atoms with Gasteiger partial charge in [0.25, 0.3) is 0 Å². The van der Waals surface area contributed by atoms with Crippen molar-refractivity contribution in [3.63, 3.8) is 0 Å². The maximum Gasteiger partial charge on any atom is 0.319 e. The van der Waals surface area contributed by atoms with E-state index in [4.69, 9.17) is 0 Å². The lowest BCUT2D eigenvalue weighted by Gasteiger charge is -2.48. The van der Waals surface area contributed by atoms with Gasteiger partial charge in [-0.3, -0.25) is 4.79 Å². The summed E-state index contributed by atoms with van der Waals surface area (Å²) in [4.78, 5) is 26.2. The van der Waals surface area contributed by atoms with Gasteiger partial charge in [0.2, 0.25) is 5.91 Å². The van der Waals surface area contributed by atoms with E-state index in [-0.39, 0.29) is 23.3 Å². The molecule has 1 fully saturated rings. The van der Waals surface area contributed by atoms with Crippen LogP contribution in [0.2, 0.25) is 0 Å². The quantitative estimate of drug-likeness (QED) is 0.844. The Morgan fingerprint density at radius 1 is 1.04 bits per heavy atom. The number of nitrogens with one attached hydrogen (secondary N) is 2. The van der Waals surface area contributed by atoms with Crippen molar-refractivity contribution in [3.8, 4) is 0 Å². The van der Waals surface area contributed by atoms with Gasteiger partial charge in [-0.2, -0.15) is 0 Å². The Labute approximate surface area is 158 Å². The molecule has 0 spiro atoms. The fourth-order valence-electron chi connectivity index (χ4n) is 3.07. The highest BCUT2D eigenvalue weighted by Gasteiger charge is 2.38. The molecule has 0 atom stereocenters. The van der Waals surface area contributed by atoms with Crippen LogP contribution in [0, 0.1) is 5.82 Å². The fraction of sp³-hybridized carbons (Fsp3) is 0.333. The zero-order valence-corrected chi connectivity index (χ0v) is 15.6. The second-order valence-corrected chi connectivity index (χ2v) is 7.42. The molecule has 6 heteroatoms. The van der Waals surface area contributed by atoms with E-state index in [9.17, 15) is 14.0 Å². The molecule has 2 aromatic carbocycles. The number of anilines is 1. The molecule has 0 radical (unpaired) electrons. The van der Waals surface area contributed by atoms with E-state index in [1.165, 1.54) is 12.1 Å². The van der Waals surface area contributed by atoms with Crippen LogP contribution in [-0.4, -0.2) is 28.9 Å². The van der Waals surface area contributed by atoms with Crippen LogP contribution in [0.15, 0.2) is 48.5 Å². The number of carbonyl (C=O) groups is 2. The van der Waals surface area contributed by atoms with E-state index in [0.717, 1.165) is 24.1 Å². The predicted molar refractivity (Wildman–Crippen MR) is 103 cm³/mol. The minimum atomic E-state index is -0.342. The fourth-order valence-corrected chi connectivity index (χ4v) is 3.07. The number of rotatable bonds is 5. The summed E-state index contributed by atoms with van der Waals surface area (Å²) in [6.45, 7) is 5.28. The highest BCUT2D eigenvalue weighted by molar-refractivity contribution is 5.89. The molecule has 2 N–H and O–H groups in total. The molecule has 1 aliphatic rings. The van der Waals surface area contributed by atoms with Gasteiger partial charge in [-0.25, -0.2) is 9.18 Å². The van der Waals surface area contributed by atoms with Crippen molar-refractivity contribution in [1.29, 1.82) is 0 Å². The monoisotopic (exact) mass is 369 g/mol. The average molecular weight is 369 g/mol. The number of hydrogen-bond donors (Lipinski definition) is 2. The van der Waals surface area contributed by atoms with Crippen LogP contribution in [-0.2, 0) is 17.8 Å². The van der Waals surface area contributed by atoms with Crippen LogP contribution < -0.4 is 10.6 Å². The van der Waals surface area contributed by atoms with Crippen molar-refractivity contribution in [2.24, 2.45) is 0 Å². The molecular formula is C21H24FN3O2. The summed E-state index contributed by atoms with van der Waals surface area (Å²) in [7, 11) is 0. The first-order valence-electron chi connectivity index (χ1n) is 9.02. The maximum atomic E-state index is 12.9. The topological polar surface area (TPSA) is 61.4 Å². The molecule has 3 amide bonds. The highest BCUT2D eigenvalue weighted by Crippen LogP contribution is 2.30. The molecule has 27 heavy (non-hydrogen) atoms. The second kappa shape index (κ2) is 7.78. The second-order valence-electron chi connectivity index (χ2n) is 7.42. The summed E-state index contributed by atoms with van der Waals surface area (Å²) in [5.41, 5.74) is 2.34. The Kier molecular flexibility index (Phi) is 5.44. The lowest BCUT2D eigenvalue weighted by Crippen LogP contribution is -2.58. The summed E-state index contributed by atoms with van der Waals surface area (Å²) in [6.07, 6.45) is 1.40. The van der Waals surface area contributed by atoms with Crippen LogP contribution in [0.5, 0.6) is 0 Å². The Balaban J connectivity index is 1.47. The van der Waals surface area contributed by atoms with Crippen molar-refractivity contribution >= 4 is 17.6 Å². The maximum absolute atomic E-state index is 12.9. The van der Waals surface area contributed by atoms with Crippen LogP contribution in [0.3, 0.4) is 0 Å². The molecule has 0 aromatic heterocycles. The van der Waals surface area contributed by atoms with Crippen LogP contribution >= 0.6 is 0 Å². The van der Waals surface area contributed by atoms with Crippen molar-refractivity contribution in [3.05, 3.63) is 65.5 Å². The van der Waals surface area contributed by atoms with Crippen LogP contribution in [0.1, 0.15) is 31.4 Å². The number of benzene rings is 2. The number of carbonyl (C=O) groups excluding carboxylic acids is 2. The van der Waals surface area contributed by atoms with Gasteiger partial charge in [0, 0.05) is 24.3 Å². The third-order valence-corrected chi connectivity index (χ3v) is 4.91. The minimum absolute atomic E-state index is 0.0405. The van der Waals surface area contributed by atoms with Gasteiger partial charge < -0.3 is 15.5 Å². The highest BCUT2D eigenvalue weighted by atomic mass is 19.1. The molecule has 5 nitrogen and oxygen atoms in total. The Morgan fingerprint density at radius 2 is 1.67 bits per heavy atom. The van der Waals surface area contributed by atoms with Gasteiger partial charge in [0.05, 0.1) is 6.42 Å². The van der Waals surface area contributed by atoms with Gasteiger partial charge in [-0.1, -0.05) is 24.3 Å². The predicted octanol–water partition coefficient (Wildman–Crippen LogP) is 3.70. The van der Waals surface area contributed by atoms with Crippen molar-refractivity contribution < 1.29 is 14.0 Å². The van der Waals surface area contributed by atoms with Gasteiger partial charge >= 0.3 is 6.03 Å². The molecule has 0 bridgehead atoms. The average Bonchev–Trinajstić information content (AvgIpc) is 2.62. The van der Waals surface area contributed by atoms with Crippen molar-refractivity contribution in [2.45, 2.75) is 38.8 Å². The Morgan fingerprint density at radius 3 is 2.22 bits per heavy atom. The van der Waals surface area contributed by atoms with Crippen LogP contribution in [0.4, 0.5) is 14.9 Å². The molecule has 1 heterocycles. The largest absolute Gasteiger partial charge is 0.337 e. The number of likely N-dealkylation sites (tertiary alicyclic amines) is 1. The standard InChI is InChI=1S/C21H24FN3O2/c1-21(2)11-12-25(21)19(26)13-15-5-9-18(10-6-15)24-20(27)23-14-16-3-7-17(22)8-4-16/h3-10H,11-14H2,1-2H3,(H2,23,24,27). The van der Waals surface area contributed by atoms with E-state index in [2.05, 4.69) is 24.5 Å². The first kappa shape index (κ1) is 18.9. The molecule has 1 saturated heterocycles. The SMILES string of the molecule is CC1(C)CCN1C(=O)Cc1ccc(NC(=O)NCc2ccc(F)cc2)cc1. The van der Waals surface area contributed by atoms with E-state index < -0.39 is 0 Å². The summed E-state index contributed by atoms with van der Waals surface area (Å²) >= 11 is 0. The van der Waals surface area contributed by atoms with Gasteiger partial charge in [-0.15, -0.1) is 0 Å². The normalized spacial score (nSPS) is 15.0. The lowest BCUT2D eigenvalue weighted by molar-refractivity contribution is -0.143. The summed E-state index contributed by atoms with van der Waals surface area (Å²) in [6, 6.07) is 12.9. The number of urea groups is 1. The van der Waals surface area contributed by atoms with Crippen LogP contribution in [0.25, 0.3) is 0 Å². The van der Waals surface area contributed by atoms with E-state index in [1.54, 1.807) is 24.3 Å². The van der Waals surface area contributed by atoms with E-state index in [1.807, 2.05) is 17.0 Å². The van der Waals surface area contributed by atoms with Crippen molar-refractivity contribution in [1.82, 2.24) is 10.2 Å². The van der Waals surface area contributed by atoms with Gasteiger partial charge in [0.1, 0.15) is 5.82 Å². The van der Waals surface area contributed by atoms with Crippen molar-refractivity contribution in [2.75, 3.05) is 11.9 Å². The summed E-state index contributed by atoms with van der Waals surface area (Å²) in [5, 5.41) is 5.46. The Hall–Kier alpha value is -2.89. The smallest absolute Gasteiger partial charge is 0.319 e. The minimum Gasteiger partial charge on any atom is -0.337 e. The van der Waals surface area contributed by atoms with Gasteiger partial charge in [0.15, 0.2) is 0 Å². The third-order valence-electron chi connectivity index (χ3n) is 4.91. The number of halogens is 1. The molecular weight excluding hydrogens is 345 g/mol. The molecule has 0 aliphatic carbocycles.